The quantitative estimate of drug-likeness (QED) is 0.871. The largest absolute Gasteiger partial charge is 0.481 e. The Morgan fingerprint density at radius 3 is 2.62 bits per heavy atom. The van der Waals surface area contributed by atoms with E-state index in [0.29, 0.717) is 18.2 Å². The number of methoxy groups -OCH3 is 1. The van der Waals surface area contributed by atoms with E-state index in [1.54, 1.807) is 25.4 Å². The highest BCUT2D eigenvalue weighted by atomic mass is 32.2. The molecule has 7 nitrogen and oxygen atoms in total. The van der Waals surface area contributed by atoms with E-state index in [2.05, 4.69) is 10.3 Å². The number of aromatic nitrogens is 1. The lowest BCUT2D eigenvalue weighted by Gasteiger charge is -2.08. The van der Waals surface area contributed by atoms with Crippen LogP contribution in [0.25, 0.3) is 0 Å². The summed E-state index contributed by atoms with van der Waals surface area (Å²) in [7, 11) is 0.923. The first-order chi connectivity index (χ1) is 9.93. The van der Waals surface area contributed by atoms with E-state index in [1.807, 2.05) is 6.07 Å². The Hall–Kier alpha value is -2.06. The van der Waals surface area contributed by atoms with Crippen LogP contribution >= 0.6 is 0 Å². The SMILES string of the molecule is COc1ccc(NCc2ccc(S(=O)(=O)N(C)C)o2)cn1. The van der Waals surface area contributed by atoms with Crippen LogP contribution in [-0.4, -0.2) is 38.9 Å². The van der Waals surface area contributed by atoms with Crippen LogP contribution in [0.2, 0.25) is 0 Å². The van der Waals surface area contributed by atoms with Crippen LogP contribution in [0.5, 0.6) is 5.88 Å². The molecule has 0 aliphatic rings. The van der Waals surface area contributed by atoms with Gasteiger partial charge in [0.15, 0.2) is 0 Å². The molecule has 2 rings (SSSR count). The van der Waals surface area contributed by atoms with Crippen molar-refractivity contribution >= 4 is 15.7 Å². The number of rotatable bonds is 6. The van der Waals surface area contributed by atoms with Crippen molar-refractivity contribution in [2.45, 2.75) is 11.6 Å². The molecule has 0 saturated carbocycles. The first kappa shape index (κ1) is 15.3. The monoisotopic (exact) mass is 311 g/mol. The molecule has 0 atom stereocenters. The summed E-state index contributed by atoms with van der Waals surface area (Å²) in [5.74, 6) is 1.05. The van der Waals surface area contributed by atoms with Crippen molar-refractivity contribution in [1.82, 2.24) is 9.29 Å². The van der Waals surface area contributed by atoms with Crippen molar-refractivity contribution in [2.75, 3.05) is 26.5 Å². The maximum Gasteiger partial charge on any atom is 0.275 e. The van der Waals surface area contributed by atoms with Crippen LogP contribution in [0.1, 0.15) is 5.76 Å². The zero-order chi connectivity index (χ0) is 15.5. The molecule has 0 aromatic carbocycles. The van der Waals surface area contributed by atoms with Crippen molar-refractivity contribution in [3.63, 3.8) is 0 Å². The predicted octanol–water partition coefficient (Wildman–Crippen LogP) is 1.55. The van der Waals surface area contributed by atoms with Crippen molar-refractivity contribution in [1.29, 1.82) is 0 Å². The van der Waals surface area contributed by atoms with E-state index in [0.717, 1.165) is 9.99 Å². The molecule has 1 N–H and O–H groups in total. The summed E-state index contributed by atoms with van der Waals surface area (Å²) in [5.41, 5.74) is 0.782. The van der Waals surface area contributed by atoms with Gasteiger partial charge in [0.05, 0.1) is 25.5 Å². The van der Waals surface area contributed by atoms with Crippen LogP contribution in [0.15, 0.2) is 40.0 Å². The zero-order valence-electron chi connectivity index (χ0n) is 12.0. The van der Waals surface area contributed by atoms with Gasteiger partial charge in [-0.2, -0.15) is 0 Å². The van der Waals surface area contributed by atoms with E-state index < -0.39 is 10.0 Å². The standard InChI is InChI=1S/C13H17N3O4S/c1-16(2)21(17,18)13-7-5-11(20-13)9-14-10-4-6-12(19-3)15-8-10/h4-8,14H,9H2,1-3H3. The van der Waals surface area contributed by atoms with Crippen molar-refractivity contribution < 1.29 is 17.6 Å². The number of sulfonamides is 1. The van der Waals surface area contributed by atoms with Gasteiger partial charge in [0, 0.05) is 20.2 Å². The number of furan rings is 1. The number of ether oxygens (including phenoxy) is 1. The average Bonchev–Trinajstić information content (AvgIpc) is 2.95. The van der Waals surface area contributed by atoms with Gasteiger partial charge in [-0.3, -0.25) is 0 Å². The predicted molar refractivity (Wildman–Crippen MR) is 77.7 cm³/mol. The minimum atomic E-state index is -3.54. The minimum Gasteiger partial charge on any atom is -0.481 e. The first-order valence-electron chi connectivity index (χ1n) is 6.18. The molecule has 0 unspecified atom stereocenters. The number of hydrogen-bond donors (Lipinski definition) is 1. The van der Waals surface area contributed by atoms with Crippen molar-refractivity contribution in [3.05, 3.63) is 36.2 Å². The van der Waals surface area contributed by atoms with E-state index in [9.17, 15) is 8.42 Å². The molecule has 0 fully saturated rings. The van der Waals surface area contributed by atoms with Gasteiger partial charge in [0.1, 0.15) is 5.76 Å². The van der Waals surface area contributed by atoms with Gasteiger partial charge < -0.3 is 14.5 Å². The van der Waals surface area contributed by atoms with Crippen LogP contribution in [0.3, 0.4) is 0 Å². The number of nitrogens with zero attached hydrogens (tertiary/aromatic N) is 2. The molecule has 0 aliphatic carbocycles. The Balaban J connectivity index is 2.03. The molecule has 0 saturated heterocycles. The molecule has 2 heterocycles. The van der Waals surface area contributed by atoms with E-state index in [4.69, 9.17) is 9.15 Å². The van der Waals surface area contributed by atoms with Gasteiger partial charge in [0.25, 0.3) is 10.0 Å². The Morgan fingerprint density at radius 1 is 1.29 bits per heavy atom. The molecule has 0 spiro atoms. The molecular formula is C13H17N3O4S. The normalized spacial score (nSPS) is 11.6. The molecule has 0 radical (unpaired) electrons. The molecule has 0 aliphatic heterocycles. The second kappa shape index (κ2) is 6.15. The average molecular weight is 311 g/mol. The third-order valence-electron chi connectivity index (χ3n) is 2.78. The summed E-state index contributed by atoms with van der Waals surface area (Å²) < 4.78 is 35.2. The van der Waals surface area contributed by atoms with E-state index >= 15 is 0 Å². The number of anilines is 1. The smallest absolute Gasteiger partial charge is 0.275 e. The van der Waals surface area contributed by atoms with Crippen molar-refractivity contribution in [3.8, 4) is 5.88 Å². The van der Waals surface area contributed by atoms with Crippen LogP contribution < -0.4 is 10.1 Å². The van der Waals surface area contributed by atoms with E-state index in [-0.39, 0.29) is 5.09 Å². The lowest BCUT2D eigenvalue weighted by molar-refractivity contribution is 0.397. The van der Waals surface area contributed by atoms with Gasteiger partial charge in [-0.1, -0.05) is 0 Å². The molecule has 114 valence electrons. The third kappa shape index (κ3) is 3.53. The van der Waals surface area contributed by atoms with E-state index in [1.165, 1.54) is 20.2 Å². The minimum absolute atomic E-state index is 0.0721. The molecule has 2 aromatic heterocycles. The number of nitrogens with one attached hydrogen (secondary N) is 1. The fourth-order valence-electron chi connectivity index (χ4n) is 1.57. The Labute approximate surface area is 123 Å². The summed E-state index contributed by atoms with van der Waals surface area (Å²) in [4.78, 5) is 4.06. The summed E-state index contributed by atoms with van der Waals surface area (Å²) in [6.07, 6.45) is 1.62. The summed E-state index contributed by atoms with van der Waals surface area (Å²) in [6, 6.07) is 6.61. The Bertz CT molecular complexity index is 692. The summed E-state index contributed by atoms with van der Waals surface area (Å²) in [6.45, 7) is 0.358. The van der Waals surface area contributed by atoms with Crippen LogP contribution in [0, 0.1) is 0 Å². The highest BCUT2D eigenvalue weighted by molar-refractivity contribution is 7.88. The van der Waals surface area contributed by atoms with Gasteiger partial charge >= 0.3 is 0 Å². The number of hydrogen-bond acceptors (Lipinski definition) is 6. The van der Waals surface area contributed by atoms with Crippen molar-refractivity contribution in [2.24, 2.45) is 0 Å². The number of pyridine rings is 1. The lowest BCUT2D eigenvalue weighted by atomic mass is 10.4. The topological polar surface area (TPSA) is 84.7 Å². The molecule has 0 bridgehead atoms. The fourth-order valence-corrected chi connectivity index (χ4v) is 2.38. The molecule has 2 aromatic rings. The third-order valence-corrected chi connectivity index (χ3v) is 4.47. The highest BCUT2D eigenvalue weighted by Crippen LogP contribution is 2.18. The molecule has 8 heteroatoms. The van der Waals surface area contributed by atoms with Gasteiger partial charge in [0.2, 0.25) is 11.0 Å². The van der Waals surface area contributed by atoms with Gasteiger partial charge in [-0.25, -0.2) is 17.7 Å². The Kier molecular flexibility index (Phi) is 4.49. The maximum atomic E-state index is 11.9. The second-order valence-corrected chi connectivity index (χ2v) is 6.53. The maximum absolute atomic E-state index is 11.9. The molecular weight excluding hydrogens is 294 g/mol. The lowest BCUT2D eigenvalue weighted by Crippen LogP contribution is -2.21. The van der Waals surface area contributed by atoms with Gasteiger partial charge in [-0.05, 0) is 18.2 Å². The second-order valence-electron chi connectivity index (χ2n) is 4.45. The van der Waals surface area contributed by atoms with Crippen LogP contribution in [-0.2, 0) is 16.6 Å². The first-order valence-corrected chi connectivity index (χ1v) is 7.62. The van der Waals surface area contributed by atoms with Gasteiger partial charge in [-0.15, -0.1) is 0 Å². The Morgan fingerprint density at radius 2 is 2.05 bits per heavy atom. The summed E-state index contributed by atoms with van der Waals surface area (Å²) >= 11 is 0. The van der Waals surface area contributed by atoms with Crippen LogP contribution in [0.4, 0.5) is 5.69 Å². The zero-order valence-corrected chi connectivity index (χ0v) is 12.8. The summed E-state index contributed by atoms with van der Waals surface area (Å²) in [5, 5.41) is 3.01. The fraction of sp³-hybridized carbons (Fsp3) is 0.308. The molecule has 0 amide bonds. The highest BCUT2D eigenvalue weighted by Gasteiger charge is 2.21. The molecule has 21 heavy (non-hydrogen) atoms.